The normalized spacial score (nSPS) is 12.3. The number of hydrogen-bond acceptors (Lipinski definition) is 5. The van der Waals surface area contributed by atoms with Crippen LogP contribution in [-0.4, -0.2) is 14.5 Å². The van der Waals surface area contributed by atoms with Crippen molar-refractivity contribution in [3.05, 3.63) is 51.0 Å². The van der Waals surface area contributed by atoms with E-state index in [4.69, 9.17) is 0 Å². The molecule has 0 amide bonds. The van der Waals surface area contributed by atoms with Gasteiger partial charge in [-0.25, -0.2) is 0 Å². The fourth-order valence-corrected chi connectivity index (χ4v) is 4.02. The number of rotatable bonds is 5. The number of nitro groups is 1. The third kappa shape index (κ3) is 3.75. The van der Waals surface area contributed by atoms with Crippen molar-refractivity contribution in [3.8, 4) is 0 Å². The van der Waals surface area contributed by atoms with Crippen LogP contribution in [0.3, 0.4) is 0 Å². The van der Waals surface area contributed by atoms with Gasteiger partial charge in [-0.1, -0.05) is 27.3 Å². The van der Waals surface area contributed by atoms with Crippen molar-refractivity contribution in [2.24, 2.45) is 0 Å². The fraction of sp³-hybridized carbons (Fsp3) is 0.182. The van der Waals surface area contributed by atoms with Crippen molar-refractivity contribution in [1.82, 2.24) is 4.98 Å². The molecule has 0 N–H and O–H groups in total. The smallest absolute Gasteiger partial charge is 0.302 e. The van der Waals surface area contributed by atoms with E-state index in [2.05, 4.69) is 20.9 Å². The van der Waals surface area contributed by atoms with Crippen LogP contribution in [0.1, 0.15) is 10.4 Å². The Morgan fingerprint density at radius 2 is 2.05 bits per heavy atom. The highest BCUT2D eigenvalue weighted by Crippen LogP contribution is 2.24. The molecule has 1 aromatic carbocycles. The highest BCUT2D eigenvalue weighted by molar-refractivity contribution is 9.08. The average molecular weight is 361 g/mol. The first kappa shape index (κ1) is 14.4. The zero-order valence-electron chi connectivity index (χ0n) is 9.61. The van der Waals surface area contributed by atoms with E-state index >= 15 is 0 Å². The molecule has 2 aromatic rings. The third-order valence-electron chi connectivity index (χ3n) is 2.30. The van der Waals surface area contributed by atoms with Crippen LogP contribution in [0.15, 0.2) is 34.8 Å². The van der Waals surface area contributed by atoms with E-state index in [9.17, 15) is 14.7 Å². The molecule has 1 aromatic heterocycles. The zero-order valence-corrected chi connectivity index (χ0v) is 12.8. The number of nitro benzene ring substituents is 1. The maximum absolute atomic E-state index is 12.1. The van der Waals surface area contributed by atoms with Crippen molar-refractivity contribution in [2.75, 3.05) is 0 Å². The van der Waals surface area contributed by atoms with Gasteiger partial charge in [0.25, 0.3) is 5.69 Å². The largest absolute Gasteiger partial charge is 0.609 e. The van der Waals surface area contributed by atoms with Gasteiger partial charge in [-0.05, 0) is 12.1 Å². The lowest BCUT2D eigenvalue weighted by atomic mass is 10.2. The second-order valence-electron chi connectivity index (χ2n) is 3.64. The summed E-state index contributed by atoms with van der Waals surface area (Å²) in [6, 6.07) is 6.07. The van der Waals surface area contributed by atoms with Crippen molar-refractivity contribution in [1.29, 1.82) is 0 Å². The number of alkyl halides is 1. The molecule has 100 valence electrons. The molecule has 0 spiro atoms. The summed E-state index contributed by atoms with van der Waals surface area (Å²) in [5.41, 5.74) is 0.824. The second kappa shape index (κ2) is 6.47. The highest BCUT2D eigenvalue weighted by Gasteiger charge is 2.17. The van der Waals surface area contributed by atoms with Crippen LogP contribution in [-0.2, 0) is 22.3 Å². The molecule has 19 heavy (non-hydrogen) atoms. The third-order valence-corrected chi connectivity index (χ3v) is 5.97. The van der Waals surface area contributed by atoms with Gasteiger partial charge < -0.3 is 4.55 Å². The average Bonchev–Trinajstić information content (AvgIpc) is 2.88. The number of nitrogens with zero attached hydrogens (tertiary/aromatic N) is 2. The summed E-state index contributed by atoms with van der Waals surface area (Å²) < 4.78 is 12.6. The Kier molecular flexibility index (Phi) is 4.92. The van der Waals surface area contributed by atoms with Crippen LogP contribution in [0.2, 0.25) is 0 Å². The molecule has 0 aliphatic carbocycles. The van der Waals surface area contributed by atoms with Crippen LogP contribution >= 0.6 is 27.3 Å². The monoisotopic (exact) mass is 360 g/mol. The zero-order chi connectivity index (χ0) is 13.8. The fourth-order valence-electron chi connectivity index (χ4n) is 1.38. The van der Waals surface area contributed by atoms with Gasteiger partial charge in [0.15, 0.2) is 0 Å². The number of hydrogen-bond donors (Lipinski definition) is 0. The van der Waals surface area contributed by atoms with Gasteiger partial charge in [0, 0.05) is 45.3 Å². The second-order valence-corrected chi connectivity index (χ2v) is 6.94. The molecule has 0 fully saturated rings. The predicted octanol–water partition coefficient (Wildman–Crippen LogP) is 3.25. The lowest BCUT2D eigenvalue weighted by molar-refractivity contribution is -0.384. The van der Waals surface area contributed by atoms with Crippen LogP contribution in [0.5, 0.6) is 0 Å². The molecule has 0 radical (unpaired) electrons. The summed E-state index contributed by atoms with van der Waals surface area (Å²) >= 11 is 3.50. The minimum atomic E-state index is -1.22. The maximum Gasteiger partial charge on any atom is 0.302 e. The van der Waals surface area contributed by atoms with Crippen LogP contribution in [0.25, 0.3) is 0 Å². The molecule has 0 saturated carbocycles. The summed E-state index contributed by atoms with van der Waals surface area (Å²) in [4.78, 5) is 15.2. The van der Waals surface area contributed by atoms with Crippen LogP contribution < -0.4 is 0 Å². The Balaban J connectivity index is 2.05. The van der Waals surface area contributed by atoms with Crippen LogP contribution in [0.4, 0.5) is 5.69 Å². The van der Waals surface area contributed by atoms with Gasteiger partial charge in [-0.2, -0.15) is 4.98 Å². The summed E-state index contributed by atoms with van der Waals surface area (Å²) in [5.74, 6) is 0.313. The van der Waals surface area contributed by atoms with E-state index in [1.165, 1.54) is 23.5 Å². The molecule has 1 unspecified atom stereocenters. The highest BCUT2D eigenvalue weighted by atomic mass is 79.9. The molecule has 8 heteroatoms. The van der Waals surface area contributed by atoms with Gasteiger partial charge in [-0.15, -0.1) is 0 Å². The molecule has 5 nitrogen and oxygen atoms in total. The Morgan fingerprint density at radius 3 is 2.58 bits per heavy atom. The van der Waals surface area contributed by atoms with Gasteiger partial charge in [0.1, 0.15) is 5.75 Å². The van der Waals surface area contributed by atoms with Crippen molar-refractivity contribution < 1.29 is 9.48 Å². The van der Waals surface area contributed by atoms with Gasteiger partial charge in [0.2, 0.25) is 0 Å². The van der Waals surface area contributed by atoms with E-state index in [1.807, 2.05) is 0 Å². The Morgan fingerprint density at radius 1 is 1.37 bits per heavy atom. The molecule has 0 saturated heterocycles. The van der Waals surface area contributed by atoms with Crippen molar-refractivity contribution >= 4 is 44.1 Å². The predicted molar refractivity (Wildman–Crippen MR) is 78.0 cm³/mol. The maximum atomic E-state index is 12.1. The van der Waals surface area contributed by atoms with E-state index < -0.39 is 16.1 Å². The first-order valence-electron chi connectivity index (χ1n) is 5.22. The summed E-state index contributed by atoms with van der Waals surface area (Å²) in [6.07, 6.45) is 1.70. The summed E-state index contributed by atoms with van der Waals surface area (Å²) in [7, 11) is 0. The van der Waals surface area contributed by atoms with Gasteiger partial charge in [-0.3, -0.25) is 10.1 Å². The number of halogens is 1. The Labute approximate surface area is 125 Å². The molecule has 0 bridgehead atoms. The molecule has 1 heterocycles. The Bertz CT molecular complexity index is 574. The molecular weight excluding hydrogens is 352 g/mol. The molecule has 0 aliphatic heterocycles. The quantitative estimate of drug-likeness (QED) is 0.354. The summed E-state index contributed by atoms with van der Waals surface area (Å²) in [6.45, 7) is 0. The van der Waals surface area contributed by atoms with Crippen molar-refractivity contribution in [2.45, 2.75) is 15.4 Å². The first-order valence-corrected chi connectivity index (χ1v) is 8.48. The standard InChI is InChI=1S/C11H9BrN2O3S2/c12-5-10-6-13-11(18-10)19(17)7-8-1-3-9(4-2-8)14(15)16/h1-4,6H,5,7H2. The van der Waals surface area contributed by atoms with Gasteiger partial charge in [0.05, 0.1) is 4.92 Å². The minimum absolute atomic E-state index is 0.0327. The molecule has 2 rings (SSSR count). The van der Waals surface area contributed by atoms with Crippen molar-refractivity contribution in [3.63, 3.8) is 0 Å². The number of thiazole rings is 1. The van der Waals surface area contributed by atoms with E-state index in [0.717, 1.165) is 10.4 Å². The first-order chi connectivity index (χ1) is 9.10. The summed E-state index contributed by atoms with van der Waals surface area (Å²) in [5, 5.41) is 11.2. The van der Waals surface area contributed by atoms with E-state index in [-0.39, 0.29) is 5.69 Å². The lowest BCUT2D eigenvalue weighted by Gasteiger charge is -2.06. The molecule has 1 atom stereocenters. The molecular formula is C11H9BrN2O3S2. The topological polar surface area (TPSA) is 79.1 Å². The SMILES string of the molecule is O=[N+]([O-])c1ccc(C[S+]([O-])c2ncc(CBr)s2)cc1. The lowest BCUT2D eigenvalue weighted by Crippen LogP contribution is -2.04. The van der Waals surface area contributed by atoms with E-state index in [0.29, 0.717) is 15.4 Å². The number of aromatic nitrogens is 1. The Hall–Kier alpha value is -0.960. The van der Waals surface area contributed by atoms with Crippen LogP contribution in [0, 0.1) is 10.1 Å². The minimum Gasteiger partial charge on any atom is -0.609 e. The van der Waals surface area contributed by atoms with E-state index in [1.54, 1.807) is 18.3 Å². The number of benzene rings is 1. The number of non-ortho nitro benzene ring substituents is 1. The molecule has 0 aliphatic rings. The van der Waals surface area contributed by atoms with Gasteiger partial charge >= 0.3 is 4.34 Å².